The number of hydrogen-bond acceptors (Lipinski definition) is 3. The SMILES string of the molecule is CN=C(NCc1ccc(N(C)C)cc1)NC1CC(C)N(Cc2ccccc2)C1.I. The Balaban J connectivity index is 0.00000300. The van der Waals surface area contributed by atoms with E-state index in [1.165, 1.54) is 16.8 Å². The van der Waals surface area contributed by atoms with Gasteiger partial charge in [-0.1, -0.05) is 42.5 Å². The second-order valence-corrected chi connectivity index (χ2v) is 7.83. The highest BCUT2D eigenvalue weighted by molar-refractivity contribution is 14.0. The molecule has 2 N–H and O–H groups in total. The molecule has 1 aliphatic heterocycles. The fourth-order valence-electron chi connectivity index (χ4n) is 3.73. The van der Waals surface area contributed by atoms with Gasteiger partial charge in [-0.05, 0) is 36.6 Å². The van der Waals surface area contributed by atoms with E-state index in [-0.39, 0.29) is 24.0 Å². The fraction of sp³-hybridized carbons (Fsp3) is 0.435. The Bertz CT molecular complexity index is 761. The van der Waals surface area contributed by atoms with Crippen LogP contribution in [0.2, 0.25) is 0 Å². The molecular weight excluding hydrogens is 473 g/mol. The van der Waals surface area contributed by atoms with E-state index >= 15 is 0 Å². The summed E-state index contributed by atoms with van der Waals surface area (Å²) in [4.78, 5) is 9.07. The topological polar surface area (TPSA) is 42.9 Å². The third-order valence-electron chi connectivity index (χ3n) is 5.41. The molecule has 1 saturated heterocycles. The minimum Gasteiger partial charge on any atom is -0.378 e. The molecule has 0 spiro atoms. The molecule has 0 aliphatic carbocycles. The number of likely N-dealkylation sites (tertiary alicyclic amines) is 1. The second kappa shape index (κ2) is 11.4. The summed E-state index contributed by atoms with van der Waals surface area (Å²) in [5.74, 6) is 0.871. The van der Waals surface area contributed by atoms with Crippen molar-refractivity contribution in [2.45, 2.75) is 38.5 Å². The van der Waals surface area contributed by atoms with Crippen molar-refractivity contribution >= 4 is 35.6 Å². The number of benzene rings is 2. The van der Waals surface area contributed by atoms with Crippen molar-refractivity contribution in [3.63, 3.8) is 0 Å². The lowest BCUT2D eigenvalue weighted by Gasteiger charge is -2.21. The van der Waals surface area contributed by atoms with E-state index in [1.54, 1.807) is 0 Å². The highest BCUT2D eigenvalue weighted by Gasteiger charge is 2.29. The highest BCUT2D eigenvalue weighted by atomic mass is 127. The van der Waals surface area contributed by atoms with Gasteiger partial charge in [0.1, 0.15) is 0 Å². The first-order chi connectivity index (χ1) is 13.5. The van der Waals surface area contributed by atoms with Gasteiger partial charge in [0.15, 0.2) is 5.96 Å². The van der Waals surface area contributed by atoms with Gasteiger partial charge in [0.05, 0.1) is 0 Å². The van der Waals surface area contributed by atoms with Crippen LogP contribution in [0.1, 0.15) is 24.5 Å². The van der Waals surface area contributed by atoms with E-state index < -0.39 is 0 Å². The predicted octanol–water partition coefficient (Wildman–Crippen LogP) is 3.70. The smallest absolute Gasteiger partial charge is 0.191 e. The maximum absolute atomic E-state index is 4.41. The molecular formula is C23H34IN5. The molecule has 0 radical (unpaired) electrons. The Morgan fingerprint density at radius 3 is 2.38 bits per heavy atom. The van der Waals surface area contributed by atoms with Gasteiger partial charge in [0, 0.05) is 58.5 Å². The van der Waals surface area contributed by atoms with Crippen LogP contribution in [0.3, 0.4) is 0 Å². The predicted molar refractivity (Wildman–Crippen MR) is 134 cm³/mol. The first-order valence-electron chi connectivity index (χ1n) is 10.1. The molecule has 3 rings (SSSR count). The summed E-state index contributed by atoms with van der Waals surface area (Å²) in [7, 11) is 5.95. The summed E-state index contributed by atoms with van der Waals surface area (Å²) in [6.07, 6.45) is 1.13. The van der Waals surface area contributed by atoms with E-state index in [0.717, 1.165) is 32.0 Å². The zero-order valence-corrected chi connectivity index (χ0v) is 20.3. The van der Waals surface area contributed by atoms with Crippen molar-refractivity contribution in [3.05, 3.63) is 65.7 Å². The van der Waals surface area contributed by atoms with Crippen molar-refractivity contribution in [2.24, 2.45) is 4.99 Å². The Hall–Kier alpha value is -1.80. The van der Waals surface area contributed by atoms with Crippen LogP contribution in [-0.2, 0) is 13.1 Å². The first-order valence-corrected chi connectivity index (χ1v) is 10.1. The van der Waals surface area contributed by atoms with E-state index in [0.29, 0.717) is 12.1 Å². The minimum absolute atomic E-state index is 0. The van der Waals surface area contributed by atoms with Gasteiger partial charge in [0.2, 0.25) is 0 Å². The summed E-state index contributed by atoms with van der Waals surface area (Å²) in [6, 6.07) is 20.3. The number of nitrogens with zero attached hydrogens (tertiary/aromatic N) is 3. The Morgan fingerprint density at radius 1 is 1.07 bits per heavy atom. The largest absolute Gasteiger partial charge is 0.378 e. The molecule has 0 saturated carbocycles. The van der Waals surface area contributed by atoms with E-state index in [2.05, 4.69) is 101 Å². The third-order valence-corrected chi connectivity index (χ3v) is 5.41. The van der Waals surface area contributed by atoms with Crippen LogP contribution in [-0.4, -0.2) is 50.6 Å². The van der Waals surface area contributed by atoms with Crippen LogP contribution < -0.4 is 15.5 Å². The molecule has 1 heterocycles. The van der Waals surface area contributed by atoms with E-state index in [9.17, 15) is 0 Å². The van der Waals surface area contributed by atoms with Crippen LogP contribution in [0.25, 0.3) is 0 Å². The number of guanidine groups is 1. The average molecular weight is 507 g/mol. The molecule has 29 heavy (non-hydrogen) atoms. The van der Waals surface area contributed by atoms with Gasteiger partial charge in [-0.25, -0.2) is 0 Å². The normalized spacial score (nSPS) is 19.5. The summed E-state index contributed by atoms with van der Waals surface area (Å²) in [5.41, 5.74) is 3.84. The van der Waals surface area contributed by atoms with Crippen LogP contribution >= 0.6 is 24.0 Å². The summed E-state index contributed by atoms with van der Waals surface area (Å²) in [6.45, 7) is 5.12. The highest BCUT2D eigenvalue weighted by Crippen LogP contribution is 2.20. The van der Waals surface area contributed by atoms with Gasteiger partial charge in [-0.15, -0.1) is 24.0 Å². The van der Waals surface area contributed by atoms with Crippen LogP contribution in [0.5, 0.6) is 0 Å². The minimum atomic E-state index is 0. The molecule has 2 aromatic rings. The molecule has 0 aromatic heterocycles. The lowest BCUT2D eigenvalue weighted by Crippen LogP contribution is -2.44. The molecule has 2 unspecified atom stereocenters. The fourth-order valence-corrected chi connectivity index (χ4v) is 3.73. The molecule has 0 bridgehead atoms. The van der Waals surface area contributed by atoms with Crippen molar-refractivity contribution in [1.29, 1.82) is 0 Å². The van der Waals surface area contributed by atoms with Gasteiger partial charge in [-0.3, -0.25) is 9.89 Å². The van der Waals surface area contributed by atoms with Gasteiger partial charge >= 0.3 is 0 Å². The van der Waals surface area contributed by atoms with Gasteiger partial charge < -0.3 is 15.5 Å². The number of hydrogen-bond donors (Lipinski definition) is 2. The van der Waals surface area contributed by atoms with Crippen molar-refractivity contribution in [3.8, 4) is 0 Å². The van der Waals surface area contributed by atoms with E-state index in [1.807, 2.05) is 7.05 Å². The molecule has 1 fully saturated rings. The number of aliphatic imine (C=N–C) groups is 1. The van der Waals surface area contributed by atoms with E-state index in [4.69, 9.17) is 0 Å². The van der Waals surface area contributed by atoms with Crippen LogP contribution in [0.15, 0.2) is 59.6 Å². The quantitative estimate of drug-likeness (QED) is 0.356. The maximum Gasteiger partial charge on any atom is 0.191 e. The number of rotatable bonds is 6. The van der Waals surface area contributed by atoms with Crippen LogP contribution in [0.4, 0.5) is 5.69 Å². The summed E-state index contributed by atoms with van der Waals surface area (Å²) in [5, 5.41) is 7.05. The van der Waals surface area contributed by atoms with Gasteiger partial charge in [-0.2, -0.15) is 0 Å². The first kappa shape index (κ1) is 23.5. The van der Waals surface area contributed by atoms with Crippen LogP contribution in [0, 0.1) is 0 Å². The average Bonchev–Trinajstić information content (AvgIpc) is 3.05. The zero-order valence-electron chi connectivity index (χ0n) is 17.9. The molecule has 1 aliphatic rings. The summed E-state index contributed by atoms with van der Waals surface area (Å²) >= 11 is 0. The van der Waals surface area contributed by atoms with Crippen molar-refractivity contribution < 1.29 is 0 Å². The molecule has 158 valence electrons. The number of anilines is 1. The molecule has 5 nitrogen and oxygen atoms in total. The lowest BCUT2D eigenvalue weighted by atomic mass is 10.2. The number of nitrogens with one attached hydrogen (secondary N) is 2. The Kier molecular flexibility index (Phi) is 9.23. The number of halogens is 1. The summed E-state index contributed by atoms with van der Waals surface area (Å²) < 4.78 is 0. The monoisotopic (exact) mass is 507 g/mol. The molecule has 2 atom stereocenters. The Labute approximate surface area is 192 Å². The third kappa shape index (κ3) is 6.89. The maximum atomic E-state index is 4.41. The lowest BCUT2D eigenvalue weighted by molar-refractivity contribution is 0.258. The molecule has 2 aromatic carbocycles. The standard InChI is InChI=1S/C23H33N5.HI/c1-18-14-21(17-28(18)16-20-8-6-5-7-9-20)26-23(24-2)25-15-19-10-12-22(13-11-19)27(3)4;/h5-13,18,21H,14-17H2,1-4H3,(H2,24,25,26);1H. The van der Waals surface area contributed by atoms with Crippen molar-refractivity contribution in [1.82, 2.24) is 15.5 Å². The molecule has 6 heteroatoms. The Morgan fingerprint density at radius 2 is 1.76 bits per heavy atom. The van der Waals surface area contributed by atoms with Crippen molar-refractivity contribution in [2.75, 3.05) is 32.6 Å². The molecule has 0 amide bonds. The van der Waals surface area contributed by atoms with Gasteiger partial charge in [0.25, 0.3) is 0 Å². The second-order valence-electron chi connectivity index (χ2n) is 7.83. The zero-order chi connectivity index (χ0) is 19.9.